The minimum atomic E-state index is -0.766. The monoisotopic (exact) mass is 343 g/mol. The first-order valence-electron chi connectivity index (χ1n) is 7.99. The molecule has 0 aromatic heterocycles. The number of nitrogens with one attached hydrogen (secondary N) is 1. The van der Waals surface area contributed by atoms with Gasteiger partial charge in [0.25, 0.3) is 0 Å². The van der Waals surface area contributed by atoms with Gasteiger partial charge in [-0.15, -0.1) is 0 Å². The summed E-state index contributed by atoms with van der Waals surface area (Å²) in [7, 11) is 4.21. The number of methoxy groups -OCH3 is 3. The molecule has 2 amide bonds. The third-order valence-corrected chi connectivity index (χ3v) is 4.27. The smallest absolute Gasteiger partial charge is 0.328 e. The zero-order valence-electron chi connectivity index (χ0n) is 14.3. The summed E-state index contributed by atoms with van der Waals surface area (Å²) in [4.78, 5) is 39.4. The van der Waals surface area contributed by atoms with E-state index in [1.165, 1.54) is 26.2 Å². The van der Waals surface area contributed by atoms with Crippen molar-refractivity contribution in [3.05, 3.63) is 0 Å². The zero-order valence-corrected chi connectivity index (χ0v) is 14.3. The highest BCUT2D eigenvalue weighted by molar-refractivity contribution is 6.35. The molecular weight excluding hydrogens is 318 g/mol. The second-order valence-electron chi connectivity index (χ2n) is 5.88. The van der Waals surface area contributed by atoms with Crippen LogP contribution in [0.4, 0.5) is 0 Å². The lowest BCUT2D eigenvalue weighted by molar-refractivity contribution is -0.181. The van der Waals surface area contributed by atoms with Crippen LogP contribution >= 0.6 is 0 Å². The third kappa shape index (κ3) is 4.43. The van der Waals surface area contributed by atoms with Crippen LogP contribution in [0.25, 0.3) is 0 Å². The maximum atomic E-state index is 12.1. The van der Waals surface area contributed by atoms with E-state index in [4.69, 9.17) is 14.2 Å². The van der Waals surface area contributed by atoms with Gasteiger partial charge in [-0.05, 0) is 12.8 Å². The van der Waals surface area contributed by atoms with Crippen LogP contribution < -0.4 is 5.32 Å². The van der Waals surface area contributed by atoms with Crippen LogP contribution in [0, 0.1) is 0 Å². The van der Waals surface area contributed by atoms with E-state index in [0.29, 0.717) is 26.2 Å². The summed E-state index contributed by atoms with van der Waals surface area (Å²) in [6, 6.07) is -0.571. The van der Waals surface area contributed by atoms with Crippen molar-refractivity contribution in [2.24, 2.45) is 0 Å². The molecule has 0 aromatic carbocycles. The number of amides is 2. The van der Waals surface area contributed by atoms with Crippen molar-refractivity contribution in [3.8, 4) is 0 Å². The topological polar surface area (TPSA) is 97.4 Å². The number of carbonyl (C=O) groups excluding carboxylic acids is 3. The SMILES string of the molecule is COC(=O)C(C(OC)OC)N1CCN(C(=O)C(=O)NC2CC2)CC1. The minimum absolute atomic E-state index is 0.149. The quantitative estimate of drug-likeness (QED) is 0.359. The van der Waals surface area contributed by atoms with Gasteiger partial charge in [-0.1, -0.05) is 0 Å². The Morgan fingerprint density at radius 2 is 1.58 bits per heavy atom. The number of nitrogens with zero attached hydrogens (tertiary/aromatic N) is 2. The number of ether oxygens (including phenoxy) is 3. The van der Waals surface area contributed by atoms with Crippen LogP contribution in [0.15, 0.2) is 0 Å². The van der Waals surface area contributed by atoms with Crippen molar-refractivity contribution in [3.63, 3.8) is 0 Å². The van der Waals surface area contributed by atoms with Gasteiger partial charge in [0, 0.05) is 46.4 Å². The lowest BCUT2D eigenvalue weighted by Crippen LogP contribution is -2.59. The molecule has 0 radical (unpaired) electrons. The van der Waals surface area contributed by atoms with Crippen molar-refractivity contribution in [2.75, 3.05) is 47.5 Å². The third-order valence-electron chi connectivity index (χ3n) is 4.27. The van der Waals surface area contributed by atoms with Gasteiger partial charge in [0.1, 0.15) is 0 Å². The van der Waals surface area contributed by atoms with Gasteiger partial charge in [-0.25, -0.2) is 0 Å². The molecule has 2 rings (SSSR count). The number of rotatable bonds is 6. The fraction of sp³-hybridized carbons (Fsp3) is 0.800. The first-order valence-corrected chi connectivity index (χ1v) is 7.99. The molecule has 1 saturated carbocycles. The van der Waals surface area contributed by atoms with Gasteiger partial charge in [-0.3, -0.25) is 19.3 Å². The molecule has 1 aliphatic carbocycles. The van der Waals surface area contributed by atoms with Crippen molar-refractivity contribution in [1.82, 2.24) is 15.1 Å². The fourth-order valence-corrected chi connectivity index (χ4v) is 2.73. The maximum absolute atomic E-state index is 12.1. The zero-order chi connectivity index (χ0) is 17.7. The summed E-state index contributed by atoms with van der Waals surface area (Å²) >= 11 is 0. The number of hydrogen-bond donors (Lipinski definition) is 1. The van der Waals surface area contributed by atoms with E-state index < -0.39 is 30.1 Å². The van der Waals surface area contributed by atoms with Gasteiger partial charge < -0.3 is 24.4 Å². The van der Waals surface area contributed by atoms with E-state index in [0.717, 1.165) is 12.8 Å². The molecule has 2 aliphatic rings. The maximum Gasteiger partial charge on any atom is 0.328 e. The molecular formula is C15H25N3O6. The molecule has 9 nitrogen and oxygen atoms in total. The van der Waals surface area contributed by atoms with Crippen LogP contribution in [-0.2, 0) is 28.6 Å². The Bertz CT molecular complexity index is 470. The highest BCUT2D eigenvalue weighted by Gasteiger charge is 2.38. The molecule has 1 aliphatic heterocycles. The Balaban J connectivity index is 1.92. The average molecular weight is 343 g/mol. The molecule has 1 unspecified atom stereocenters. The van der Waals surface area contributed by atoms with Crippen molar-refractivity contribution in [1.29, 1.82) is 0 Å². The average Bonchev–Trinajstić information content (AvgIpc) is 3.42. The lowest BCUT2D eigenvalue weighted by atomic mass is 10.2. The lowest BCUT2D eigenvalue weighted by Gasteiger charge is -2.39. The number of piperazine rings is 1. The minimum Gasteiger partial charge on any atom is -0.468 e. The molecule has 2 fully saturated rings. The molecule has 1 N–H and O–H groups in total. The molecule has 0 aromatic rings. The van der Waals surface area contributed by atoms with Crippen LogP contribution in [0.1, 0.15) is 12.8 Å². The molecule has 1 saturated heterocycles. The van der Waals surface area contributed by atoms with Crippen molar-refractivity contribution < 1.29 is 28.6 Å². The summed E-state index contributed by atoms with van der Waals surface area (Å²) in [5, 5.41) is 2.69. The molecule has 136 valence electrons. The molecule has 24 heavy (non-hydrogen) atoms. The van der Waals surface area contributed by atoms with Crippen LogP contribution in [-0.4, -0.2) is 93.5 Å². The van der Waals surface area contributed by atoms with Gasteiger partial charge in [0.05, 0.1) is 7.11 Å². The molecule has 0 spiro atoms. The number of hydrogen-bond acceptors (Lipinski definition) is 7. The van der Waals surface area contributed by atoms with E-state index >= 15 is 0 Å². The van der Waals surface area contributed by atoms with Crippen LogP contribution in [0.2, 0.25) is 0 Å². The van der Waals surface area contributed by atoms with Gasteiger partial charge in [-0.2, -0.15) is 0 Å². The molecule has 0 bridgehead atoms. The van der Waals surface area contributed by atoms with E-state index in [9.17, 15) is 14.4 Å². The Morgan fingerprint density at radius 3 is 2.04 bits per heavy atom. The second kappa shape index (κ2) is 8.41. The first kappa shape index (κ1) is 18.6. The summed E-state index contributed by atoms with van der Waals surface area (Å²) in [5.74, 6) is -1.54. The van der Waals surface area contributed by atoms with Crippen LogP contribution in [0.5, 0.6) is 0 Å². The second-order valence-corrected chi connectivity index (χ2v) is 5.88. The van der Waals surface area contributed by atoms with Crippen molar-refractivity contribution in [2.45, 2.75) is 31.2 Å². The summed E-state index contributed by atoms with van der Waals surface area (Å²) in [6.07, 6.45) is 1.10. The van der Waals surface area contributed by atoms with Gasteiger partial charge in [0.2, 0.25) is 0 Å². The predicted molar refractivity (Wildman–Crippen MR) is 82.9 cm³/mol. The first-order chi connectivity index (χ1) is 11.5. The van der Waals surface area contributed by atoms with E-state index in [2.05, 4.69) is 5.32 Å². The summed E-state index contributed by atoms with van der Waals surface area (Å²) in [6.45, 7) is 1.55. The van der Waals surface area contributed by atoms with Gasteiger partial charge in [0.15, 0.2) is 12.3 Å². The normalized spacial score (nSPS) is 19.9. The highest BCUT2D eigenvalue weighted by atomic mass is 16.7. The fourth-order valence-electron chi connectivity index (χ4n) is 2.73. The number of carbonyl (C=O) groups is 3. The Hall–Kier alpha value is -1.71. The summed E-state index contributed by atoms with van der Waals surface area (Å²) in [5.41, 5.74) is 0. The Kier molecular flexibility index (Phi) is 6.52. The van der Waals surface area contributed by atoms with Crippen molar-refractivity contribution >= 4 is 17.8 Å². The Morgan fingerprint density at radius 1 is 1.00 bits per heavy atom. The van der Waals surface area contributed by atoms with E-state index in [1.54, 1.807) is 0 Å². The number of esters is 1. The standard InChI is InChI=1S/C15H25N3O6/c1-22-14(21)11(15(23-2)24-3)17-6-8-18(9-7-17)13(20)12(19)16-10-4-5-10/h10-11,15H,4-9H2,1-3H3,(H,16,19). The largest absolute Gasteiger partial charge is 0.468 e. The summed E-state index contributed by atoms with van der Waals surface area (Å²) < 4.78 is 15.2. The van der Waals surface area contributed by atoms with E-state index in [-0.39, 0.29) is 6.04 Å². The Labute approximate surface area is 141 Å². The highest BCUT2D eigenvalue weighted by Crippen LogP contribution is 2.19. The molecule has 1 atom stereocenters. The van der Waals surface area contributed by atoms with Gasteiger partial charge >= 0.3 is 17.8 Å². The predicted octanol–water partition coefficient (Wildman–Crippen LogP) is -1.43. The van der Waals surface area contributed by atoms with Crippen LogP contribution in [0.3, 0.4) is 0 Å². The van der Waals surface area contributed by atoms with E-state index in [1.807, 2.05) is 4.90 Å². The molecule has 9 heteroatoms. The molecule has 1 heterocycles.